The normalized spacial score (nSPS) is 12.1. The molecule has 1 atom stereocenters. The molecule has 6 nitrogen and oxygen atoms in total. The quantitative estimate of drug-likeness (QED) is 0.795. The van der Waals surface area contributed by atoms with Gasteiger partial charge in [-0.1, -0.05) is 6.07 Å². The van der Waals surface area contributed by atoms with Crippen molar-refractivity contribution in [1.29, 1.82) is 0 Å². The van der Waals surface area contributed by atoms with E-state index in [9.17, 15) is 0 Å². The van der Waals surface area contributed by atoms with E-state index in [1.54, 1.807) is 23.4 Å². The van der Waals surface area contributed by atoms with Crippen LogP contribution in [0.4, 0.5) is 5.69 Å². The first-order valence-electron chi connectivity index (χ1n) is 6.74. The van der Waals surface area contributed by atoms with Crippen LogP contribution < -0.4 is 5.32 Å². The lowest BCUT2D eigenvalue weighted by Crippen LogP contribution is -2.07. The third-order valence-electron chi connectivity index (χ3n) is 3.39. The number of benzene rings is 1. The summed E-state index contributed by atoms with van der Waals surface area (Å²) in [7, 11) is 0. The molecule has 0 saturated heterocycles. The highest BCUT2D eigenvalue weighted by Crippen LogP contribution is 2.22. The lowest BCUT2D eigenvalue weighted by atomic mass is 10.1. The standard InChI is InChI=1S/C15H16N6/c1-11-3-4-14(9-15(11)21-10-17-19-20-21)18-12(2)13-5-7-16-8-6-13/h3-10,12,18H,1-2H3. The van der Waals surface area contributed by atoms with E-state index in [1.807, 2.05) is 25.1 Å². The molecule has 0 aliphatic heterocycles. The van der Waals surface area contributed by atoms with Crippen molar-refractivity contribution in [3.8, 4) is 5.69 Å². The van der Waals surface area contributed by atoms with Gasteiger partial charge in [0.05, 0.1) is 5.69 Å². The molecular formula is C15H16N6. The molecule has 0 bridgehead atoms. The van der Waals surface area contributed by atoms with Crippen LogP contribution in [0.3, 0.4) is 0 Å². The fourth-order valence-corrected chi connectivity index (χ4v) is 2.20. The third kappa shape index (κ3) is 2.89. The zero-order valence-corrected chi connectivity index (χ0v) is 11.9. The number of anilines is 1. The lowest BCUT2D eigenvalue weighted by molar-refractivity contribution is 0.784. The molecule has 106 valence electrons. The fourth-order valence-electron chi connectivity index (χ4n) is 2.20. The maximum absolute atomic E-state index is 4.04. The summed E-state index contributed by atoms with van der Waals surface area (Å²) in [5.74, 6) is 0. The molecule has 0 spiro atoms. The molecule has 6 heteroatoms. The molecule has 3 aromatic rings. The monoisotopic (exact) mass is 280 g/mol. The minimum Gasteiger partial charge on any atom is -0.378 e. The van der Waals surface area contributed by atoms with E-state index in [-0.39, 0.29) is 6.04 Å². The Morgan fingerprint density at radius 2 is 1.95 bits per heavy atom. The minimum absolute atomic E-state index is 0.192. The van der Waals surface area contributed by atoms with Gasteiger partial charge in [-0.15, -0.1) is 5.10 Å². The summed E-state index contributed by atoms with van der Waals surface area (Å²) in [6, 6.07) is 10.4. The van der Waals surface area contributed by atoms with Crippen LogP contribution in [-0.2, 0) is 0 Å². The van der Waals surface area contributed by atoms with Gasteiger partial charge in [-0.2, -0.15) is 0 Å². The van der Waals surface area contributed by atoms with E-state index in [0.717, 1.165) is 16.9 Å². The van der Waals surface area contributed by atoms with Gasteiger partial charge in [0.2, 0.25) is 0 Å². The molecule has 1 aromatic carbocycles. The Kier molecular flexibility index (Phi) is 3.59. The molecule has 0 radical (unpaired) electrons. The van der Waals surface area contributed by atoms with Crippen molar-refractivity contribution in [1.82, 2.24) is 25.2 Å². The number of pyridine rings is 1. The van der Waals surface area contributed by atoms with E-state index < -0.39 is 0 Å². The zero-order chi connectivity index (χ0) is 14.7. The second-order valence-corrected chi connectivity index (χ2v) is 4.90. The van der Waals surface area contributed by atoms with Crippen LogP contribution in [0.15, 0.2) is 49.1 Å². The first-order chi connectivity index (χ1) is 10.2. The van der Waals surface area contributed by atoms with Gasteiger partial charge >= 0.3 is 0 Å². The summed E-state index contributed by atoms with van der Waals surface area (Å²) in [6.45, 7) is 4.15. The SMILES string of the molecule is Cc1ccc(NC(C)c2ccncc2)cc1-n1cnnn1. The smallest absolute Gasteiger partial charge is 0.143 e. The Bertz CT molecular complexity index is 708. The highest BCUT2D eigenvalue weighted by atomic mass is 15.5. The molecule has 2 heterocycles. The Hall–Kier alpha value is -2.76. The van der Waals surface area contributed by atoms with Crippen LogP contribution in [0.5, 0.6) is 0 Å². The highest BCUT2D eigenvalue weighted by molar-refractivity contribution is 5.55. The summed E-state index contributed by atoms with van der Waals surface area (Å²) in [5, 5.41) is 14.8. The predicted molar refractivity (Wildman–Crippen MR) is 80.2 cm³/mol. The molecule has 2 aromatic heterocycles. The second kappa shape index (κ2) is 5.70. The minimum atomic E-state index is 0.192. The van der Waals surface area contributed by atoms with Gasteiger partial charge in [0, 0.05) is 24.1 Å². The van der Waals surface area contributed by atoms with Crippen LogP contribution in [0.25, 0.3) is 5.69 Å². The van der Waals surface area contributed by atoms with Crippen molar-refractivity contribution in [3.63, 3.8) is 0 Å². The molecule has 0 aliphatic carbocycles. The summed E-state index contributed by atoms with van der Waals surface area (Å²) in [5.41, 5.74) is 4.29. The van der Waals surface area contributed by atoms with Crippen molar-refractivity contribution >= 4 is 5.69 Å². The number of rotatable bonds is 4. The predicted octanol–water partition coefficient (Wildman–Crippen LogP) is 2.54. The first-order valence-corrected chi connectivity index (χ1v) is 6.74. The highest BCUT2D eigenvalue weighted by Gasteiger charge is 2.08. The van der Waals surface area contributed by atoms with Gasteiger partial charge in [-0.3, -0.25) is 4.98 Å². The van der Waals surface area contributed by atoms with Crippen LogP contribution in [0.2, 0.25) is 0 Å². The topological polar surface area (TPSA) is 68.5 Å². The maximum atomic E-state index is 4.04. The van der Waals surface area contributed by atoms with Crippen molar-refractivity contribution in [3.05, 3.63) is 60.2 Å². The van der Waals surface area contributed by atoms with Crippen molar-refractivity contribution in [2.24, 2.45) is 0 Å². The Balaban J connectivity index is 1.85. The van der Waals surface area contributed by atoms with E-state index in [0.29, 0.717) is 0 Å². The molecule has 21 heavy (non-hydrogen) atoms. The van der Waals surface area contributed by atoms with Crippen molar-refractivity contribution in [2.75, 3.05) is 5.32 Å². The Labute approximate surface area is 122 Å². The van der Waals surface area contributed by atoms with Gasteiger partial charge in [0.15, 0.2) is 0 Å². The van der Waals surface area contributed by atoms with E-state index in [1.165, 1.54) is 5.56 Å². The van der Waals surface area contributed by atoms with E-state index >= 15 is 0 Å². The number of tetrazole rings is 1. The van der Waals surface area contributed by atoms with E-state index in [2.05, 4.69) is 44.9 Å². The van der Waals surface area contributed by atoms with Crippen LogP contribution in [-0.4, -0.2) is 25.2 Å². The molecule has 0 aliphatic rings. The second-order valence-electron chi connectivity index (χ2n) is 4.90. The molecule has 0 saturated carbocycles. The maximum Gasteiger partial charge on any atom is 0.143 e. The van der Waals surface area contributed by atoms with Gasteiger partial charge in [-0.25, -0.2) is 4.68 Å². The van der Waals surface area contributed by atoms with Gasteiger partial charge in [0.1, 0.15) is 6.33 Å². The fraction of sp³-hybridized carbons (Fsp3) is 0.200. The first kappa shape index (κ1) is 13.2. The number of nitrogens with zero attached hydrogens (tertiary/aromatic N) is 5. The van der Waals surface area contributed by atoms with Gasteiger partial charge in [-0.05, 0) is 59.7 Å². The summed E-state index contributed by atoms with van der Waals surface area (Å²) >= 11 is 0. The van der Waals surface area contributed by atoms with Crippen molar-refractivity contribution < 1.29 is 0 Å². The Morgan fingerprint density at radius 3 is 2.67 bits per heavy atom. The number of hydrogen-bond donors (Lipinski definition) is 1. The average Bonchev–Trinajstić information content (AvgIpc) is 3.04. The molecule has 1 N–H and O–H groups in total. The third-order valence-corrected chi connectivity index (χ3v) is 3.39. The number of nitrogens with one attached hydrogen (secondary N) is 1. The largest absolute Gasteiger partial charge is 0.378 e. The summed E-state index contributed by atoms with van der Waals surface area (Å²) in [4.78, 5) is 4.04. The Morgan fingerprint density at radius 1 is 1.14 bits per heavy atom. The molecule has 0 amide bonds. The van der Waals surface area contributed by atoms with Gasteiger partial charge in [0.25, 0.3) is 0 Å². The lowest BCUT2D eigenvalue weighted by Gasteiger charge is -2.17. The number of aryl methyl sites for hydroxylation is 1. The van der Waals surface area contributed by atoms with Crippen LogP contribution in [0, 0.1) is 6.92 Å². The van der Waals surface area contributed by atoms with E-state index in [4.69, 9.17) is 0 Å². The van der Waals surface area contributed by atoms with Crippen LogP contribution in [0.1, 0.15) is 24.1 Å². The van der Waals surface area contributed by atoms with Gasteiger partial charge < -0.3 is 5.32 Å². The zero-order valence-electron chi connectivity index (χ0n) is 11.9. The molecular weight excluding hydrogens is 264 g/mol. The number of hydrogen-bond acceptors (Lipinski definition) is 5. The summed E-state index contributed by atoms with van der Waals surface area (Å²) < 4.78 is 1.66. The van der Waals surface area contributed by atoms with Crippen LogP contribution >= 0.6 is 0 Å². The average molecular weight is 280 g/mol. The number of aromatic nitrogens is 5. The molecule has 0 fully saturated rings. The molecule has 3 rings (SSSR count). The molecule has 1 unspecified atom stereocenters. The summed E-state index contributed by atoms with van der Waals surface area (Å²) in [6.07, 6.45) is 5.20. The van der Waals surface area contributed by atoms with Crippen molar-refractivity contribution in [2.45, 2.75) is 19.9 Å².